The fraction of sp³-hybridized carbons (Fsp3) is 0.200. The first-order valence-corrected chi connectivity index (χ1v) is 10.6. The van der Waals surface area contributed by atoms with Crippen LogP contribution in [0.5, 0.6) is 0 Å². The van der Waals surface area contributed by atoms with Crippen molar-refractivity contribution in [3.8, 4) is 0 Å². The van der Waals surface area contributed by atoms with Crippen LogP contribution >= 0.6 is 11.6 Å². The number of hydrogen-bond donors (Lipinski definition) is 1. The second-order valence-electron chi connectivity index (χ2n) is 6.70. The van der Waals surface area contributed by atoms with Gasteiger partial charge in [0.15, 0.2) is 0 Å². The molecule has 0 aliphatic heterocycles. The Morgan fingerprint density at radius 1 is 1.17 bits per heavy atom. The fourth-order valence-corrected chi connectivity index (χ4v) is 4.19. The maximum Gasteiger partial charge on any atom is 0.276 e. The predicted octanol–water partition coefficient (Wildman–Crippen LogP) is 3.96. The van der Waals surface area contributed by atoms with Gasteiger partial charge in [-0.3, -0.25) is 0 Å². The average Bonchev–Trinajstić information content (AvgIpc) is 2.92. The Kier molecular flexibility index (Phi) is 6.04. The van der Waals surface area contributed by atoms with E-state index >= 15 is 0 Å². The number of halogens is 2. The molecular formula is C20H20ClFN4O2S. The number of aromatic nitrogens is 2. The molecule has 3 rings (SSSR count). The van der Waals surface area contributed by atoms with E-state index in [1.54, 1.807) is 42.8 Å². The molecule has 0 aliphatic carbocycles. The Hall–Kier alpha value is -2.71. The van der Waals surface area contributed by atoms with Crippen molar-refractivity contribution in [2.45, 2.75) is 32.2 Å². The van der Waals surface area contributed by atoms with Crippen LogP contribution in [0.4, 0.5) is 4.39 Å². The van der Waals surface area contributed by atoms with Crippen LogP contribution in [0.3, 0.4) is 0 Å². The minimum Gasteiger partial charge on any atom is -0.249 e. The van der Waals surface area contributed by atoms with Gasteiger partial charge in [0.2, 0.25) is 0 Å². The number of hydrogen-bond acceptors (Lipinski definition) is 4. The van der Waals surface area contributed by atoms with Gasteiger partial charge in [-0.05, 0) is 55.7 Å². The Balaban J connectivity index is 1.79. The van der Waals surface area contributed by atoms with E-state index in [9.17, 15) is 12.8 Å². The summed E-state index contributed by atoms with van der Waals surface area (Å²) in [6.45, 7) is 5.63. The van der Waals surface area contributed by atoms with Crippen molar-refractivity contribution in [3.63, 3.8) is 0 Å². The smallest absolute Gasteiger partial charge is 0.249 e. The lowest BCUT2D eigenvalue weighted by molar-refractivity contribution is 0.584. The highest BCUT2D eigenvalue weighted by Crippen LogP contribution is 2.20. The summed E-state index contributed by atoms with van der Waals surface area (Å²) in [5.41, 5.74) is 3.37. The number of rotatable bonds is 6. The molecule has 0 amide bonds. The molecule has 1 heterocycles. The summed E-state index contributed by atoms with van der Waals surface area (Å²) in [4.78, 5) is 2.39. The van der Waals surface area contributed by atoms with Gasteiger partial charge >= 0.3 is 0 Å². The topological polar surface area (TPSA) is 76.3 Å². The summed E-state index contributed by atoms with van der Waals surface area (Å²) in [6, 6.07) is 11.2. The largest absolute Gasteiger partial charge is 0.276 e. The van der Waals surface area contributed by atoms with E-state index in [4.69, 9.17) is 11.6 Å². The Morgan fingerprint density at radius 2 is 1.86 bits per heavy atom. The van der Waals surface area contributed by atoms with Crippen molar-refractivity contribution in [1.29, 1.82) is 0 Å². The van der Waals surface area contributed by atoms with E-state index in [1.165, 1.54) is 18.3 Å². The van der Waals surface area contributed by atoms with Gasteiger partial charge in [0.1, 0.15) is 11.0 Å². The third-order valence-corrected chi connectivity index (χ3v) is 6.12. The molecule has 29 heavy (non-hydrogen) atoms. The summed E-state index contributed by atoms with van der Waals surface area (Å²) < 4.78 is 39.7. The molecule has 9 heteroatoms. The standard InChI is InChI=1S/C20H20ClFN4O2S/c1-13-4-5-14(2)19(10-13)29(27,28)25-23-11-18-15(3)24-26(20(18)21)12-16-6-8-17(22)9-7-16/h4-11,25H,12H2,1-3H3. The molecule has 3 aromatic rings. The summed E-state index contributed by atoms with van der Waals surface area (Å²) >= 11 is 6.38. The fourth-order valence-electron chi connectivity index (χ4n) is 2.79. The van der Waals surface area contributed by atoms with Crippen LogP contribution in [0.15, 0.2) is 52.5 Å². The number of benzene rings is 2. The van der Waals surface area contributed by atoms with Crippen LogP contribution in [0.25, 0.3) is 0 Å². The molecule has 1 aromatic heterocycles. The maximum absolute atomic E-state index is 13.1. The molecule has 0 saturated carbocycles. The predicted molar refractivity (Wildman–Crippen MR) is 111 cm³/mol. The molecule has 0 fully saturated rings. The summed E-state index contributed by atoms with van der Waals surface area (Å²) in [5.74, 6) is -0.319. The van der Waals surface area contributed by atoms with Crippen molar-refractivity contribution < 1.29 is 12.8 Å². The van der Waals surface area contributed by atoms with Crippen molar-refractivity contribution >= 4 is 27.8 Å². The highest BCUT2D eigenvalue weighted by Gasteiger charge is 2.17. The number of aryl methyl sites for hydroxylation is 3. The molecule has 152 valence electrons. The van der Waals surface area contributed by atoms with Crippen LogP contribution in [0.1, 0.15) is 27.9 Å². The third-order valence-electron chi connectivity index (χ3n) is 4.35. The quantitative estimate of drug-likeness (QED) is 0.471. The number of nitrogens with one attached hydrogen (secondary N) is 1. The zero-order chi connectivity index (χ0) is 21.2. The number of hydrazone groups is 1. The average molecular weight is 435 g/mol. The zero-order valence-corrected chi connectivity index (χ0v) is 17.7. The maximum atomic E-state index is 13.1. The van der Waals surface area contributed by atoms with Gasteiger partial charge in [-0.2, -0.15) is 18.6 Å². The lowest BCUT2D eigenvalue weighted by atomic mass is 10.2. The first kappa shape index (κ1) is 21.0. The molecule has 0 saturated heterocycles. The van der Waals surface area contributed by atoms with Gasteiger partial charge in [-0.25, -0.2) is 13.9 Å². The number of nitrogens with zero attached hydrogens (tertiary/aromatic N) is 3. The third kappa shape index (κ3) is 4.83. The van der Waals surface area contributed by atoms with Gasteiger partial charge in [0.05, 0.1) is 28.9 Å². The zero-order valence-electron chi connectivity index (χ0n) is 16.1. The van der Waals surface area contributed by atoms with E-state index < -0.39 is 10.0 Å². The van der Waals surface area contributed by atoms with E-state index in [0.29, 0.717) is 28.5 Å². The van der Waals surface area contributed by atoms with Crippen LogP contribution in [0, 0.1) is 26.6 Å². The monoisotopic (exact) mass is 434 g/mol. The molecule has 0 radical (unpaired) electrons. The lowest BCUT2D eigenvalue weighted by Gasteiger charge is -2.07. The molecule has 6 nitrogen and oxygen atoms in total. The van der Waals surface area contributed by atoms with Gasteiger partial charge < -0.3 is 0 Å². The van der Waals surface area contributed by atoms with Gasteiger partial charge in [0.25, 0.3) is 10.0 Å². The second kappa shape index (κ2) is 8.34. The minimum absolute atomic E-state index is 0.171. The summed E-state index contributed by atoms with van der Waals surface area (Å²) in [5, 5.41) is 8.52. The van der Waals surface area contributed by atoms with E-state index in [0.717, 1.165) is 11.1 Å². The normalized spacial score (nSPS) is 11.9. The van der Waals surface area contributed by atoms with Crippen molar-refractivity contribution in [3.05, 3.63) is 81.4 Å². The van der Waals surface area contributed by atoms with Crippen molar-refractivity contribution in [2.75, 3.05) is 0 Å². The van der Waals surface area contributed by atoms with E-state index in [1.807, 2.05) is 13.0 Å². The highest BCUT2D eigenvalue weighted by molar-refractivity contribution is 7.89. The molecule has 0 atom stereocenters. The SMILES string of the molecule is Cc1ccc(C)c(S(=O)(=O)NN=Cc2c(C)nn(Cc3ccc(F)cc3)c2Cl)c1. The minimum atomic E-state index is -3.81. The van der Waals surface area contributed by atoms with Crippen LogP contribution < -0.4 is 4.83 Å². The Morgan fingerprint density at radius 3 is 2.55 bits per heavy atom. The van der Waals surface area contributed by atoms with Crippen LogP contribution in [0.2, 0.25) is 5.15 Å². The molecule has 2 aromatic carbocycles. The molecule has 1 N–H and O–H groups in total. The van der Waals surface area contributed by atoms with Crippen molar-refractivity contribution in [1.82, 2.24) is 14.6 Å². The summed E-state index contributed by atoms with van der Waals surface area (Å²) in [6.07, 6.45) is 1.33. The Labute approximate surface area is 174 Å². The van der Waals surface area contributed by atoms with Crippen LogP contribution in [-0.4, -0.2) is 24.4 Å². The lowest BCUT2D eigenvalue weighted by Crippen LogP contribution is -2.19. The summed E-state index contributed by atoms with van der Waals surface area (Å²) in [7, 11) is -3.81. The Bertz CT molecular complexity index is 1170. The van der Waals surface area contributed by atoms with Gasteiger partial charge in [-0.1, -0.05) is 35.9 Å². The molecule has 0 bridgehead atoms. The number of sulfonamides is 1. The highest BCUT2D eigenvalue weighted by atomic mass is 35.5. The molecule has 0 spiro atoms. The van der Waals surface area contributed by atoms with E-state index in [2.05, 4.69) is 15.0 Å². The molecular weight excluding hydrogens is 415 g/mol. The van der Waals surface area contributed by atoms with Crippen LogP contribution in [-0.2, 0) is 16.6 Å². The van der Waals surface area contributed by atoms with Gasteiger partial charge in [0, 0.05) is 0 Å². The molecule has 0 unspecified atom stereocenters. The van der Waals surface area contributed by atoms with E-state index in [-0.39, 0.29) is 10.7 Å². The van der Waals surface area contributed by atoms with Gasteiger partial charge in [-0.15, -0.1) is 0 Å². The molecule has 0 aliphatic rings. The first-order valence-electron chi connectivity index (χ1n) is 8.77. The first-order chi connectivity index (χ1) is 13.7. The van der Waals surface area contributed by atoms with Crippen molar-refractivity contribution in [2.24, 2.45) is 5.10 Å². The second-order valence-corrected chi connectivity index (χ2v) is 8.68.